The van der Waals surface area contributed by atoms with Crippen molar-refractivity contribution in [2.24, 2.45) is 0 Å². The lowest BCUT2D eigenvalue weighted by Gasteiger charge is -2.11. The second-order valence-electron chi connectivity index (χ2n) is 3.76. The van der Waals surface area contributed by atoms with Crippen LogP contribution in [-0.4, -0.2) is 4.92 Å². The maximum atomic E-state index is 13.1. The summed E-state index contributed by atoms with van der Waals surface area (Å²) < 4.78 is 13.5. The van der Waals surface area contributed by atoms with Gasteiger partial charge in [0.1, 0.15) is 16.5 Å². The average molecular weight is 380 g/mol. The van der Waals surface area contributed by atoms with Gasteiger partial charge >= 0.3 is 5.69 Å². The number of hydrogen-bond donors (Lipinski definition) is 1. The Morgan fingerprint density at radius 1 is 1.25 bits per heavy atom. The summed E-state index contributed by atoms with van der Waals surface area (Å²) >= 11 is 14.9. The molecule has 0 aliphatic heterocycles. The van der Waals surface area contributed by atoms with E-state index in [0.717, 1.165) is 6.07 Å². The summed E-state index contributed by atoms with van der Waals surface area (Å²) in [7, 11) is 0. The number of hydrogen-bond acceptors (Lipinski definition) is 3. The van der Waals surface area contributed by atoms with E-state index in [4.69, 9.17) is 23.2 Å². The first-order valence-corrected chi connectivity index (χ1v) is 6.79. The molecule has 8 heteroatoms. The second kappa shape index (κ2) is 5.95. The summed E-state index contributed by atoms with van der Waals surface area (Å²) in [5.74, 6) is -0.520. The van der Waals surface area contributed by atoms with Crippen LogP contribution >= 0.6 is 39.1 Å². The largest absolute Gasteiger partial charge is 0.348 e. The fraction of sp³-hybridized carbons (Fsp3) is 0. The zero-order valence-electron chi connectivity index (χ0n) is 9.66. The van der Waals surface area contributed by atoms with Crippen LogP contribution in [0.5, 0.6) is 0 Å². The molecule has 0 amide bonds. The number of anilines is 2. The van der Waals surface area contributed by atoms with E-state index >= 15 is 0 Å². The van der Waals surface area contributed by atoms with Crippen molar-refractivity contribution in [3.8, 4) is 0 Å². The van der Waals surface area contributed by atoms with Gasteiger partial charge in [0.25, 0.3) is 0 Å². The lowest BCUT2D eigenvalue weighted by Crippen LogP contribution is -1.99. The molecule has 2 rings (SSSR count). The molecular formula is C12H6BrCl2FN2O2. The number of nitrogens with one attached hydrogen (secondary N) is 1. The number of benzene rings is 2. The molecule has 0 aliphatic rings. The van der Waals surface area contributed by atoms with Crippen LogP contribution < -0.4 is 5.32 Å². The highest BCUT2D eigenvalue weighted by atomic mass is 79.9. The Kier molecular flexibility index (Phi) is 4.47. The topological polar surface area (TPSA) is 55.2 Å². The molecule has 0 saturated heterocycles. The molecule has 0 aromatic heterocycles. The van der Waals surface area contributed by atoms with Crippen molar-refractivity contribution in [2.75, 3.05) is 5.32 Å². The quantitative estimate of drug-likeness (QED) is 0.562. The molecule has 2 aromatic rings. The van der Waals surface area contributed by atoms with Gasteiger partial charge in [0.15, 0.2) is 0 Å². The van der Waals surface area contributed by atoms with Gasteiger partial charge in [0.2, 0.25) is 0 Å². The first kappa shape index (κ1) is 15.0. The van der Waals surface area contributed by atoms with Crippen LogP contribution in [0.1, 0.15) is 0 Å². The molecule has 0 fully saturated rings. The highest BCUT2D eigenvalue weighted by Gasteiger charge is 2.20. The Morgan fingerprint density at radius 2 is 1.95 bits per heavy atom. The summed E-state index contributed by atoms with van der Waals surface area (Å²) in [6, 6.07) is 6.75. The molecule has 4 nitrogen and oxygen atoms in total. The van der Waals surface area contributed by atoms with Crippen molar-refractivity contribution in [1.82, 2.24) is 0 Å². The molecule has 0 spiro atoms. The van der Waals surface area contributed by atoms with E-state index in [1.165, 1.54) is 18.2 Å². The van der Waals surface area contributed by atoms with Gasteiger partial charge in [-0.2, -0.15) is 0 Å². The first-order chi connectivity index (χ1) is 9.40. The lowest BCUT2D eigenvalue weighted by molar-refractivity contribution is -0.383. The molecule has 0 atom stereocenters. The lowest BCUT2D eigenvalue weighted by atomic mass is 10.2. The van der Waals surface area contributed by atoms with Crippen LogP contribution in [0.4, 0.5) is 21.5 Å². The third-order valence-corrected chi connectivity index (χ3v) is 3.66. The SMILES string of the molecule is O=[N+]([O-])c1c(Cl)cccc1Nc1c(Cl)cc(F)cc1Br. The summed E-state index contributed by atoms with van der Waals surface area (Å²) in [5, 5.41) is 13.9. The van der Waals surface area contributed by atoms with Crippen molar-refractivity contribution >= 4 is 56.2 Å². The molecule has 0 unspecified atom stereocenters. The summed E-state index contributed by atoms with van der Waals surface area (Å²) in [6.45, 7) is 0. The fourth-order valence-electron chi connectivity index (χ4n) is 1.60. The van der Waals surface area contributed by atoms with Gasteiger partial charge in [-0.1, -0.05) is 29.3 Å². The van der Waals surface area contributed by atoms with Crippen molar-refractivity contribution in [2.45, 2.75) is 0 Å². The minimum absolute atomic E-state index is 0.00523. The third-order valence-electron chi connectivity index (χ3n) is 2.44. The van der Waals surface area contributed by atoms with E-state index in [2.05, 4.69) is 21.2 Å². The average Bonchev–Trinajstić information content (AvgIpc) is 2.33. The summed E-state index contributed by atoms with van der Waals surface area (Å²) in [6.07, 6.45) is 0. The van der Waals surface area contributed by atoms with Crippen molar-refractivity contribution in [1.29, 1.82) is 0 Å². The van der Waals surface area contributed by atoms with E-state index in [1.807, 2.05) is 0 Å². The number of nitro groups is 1. The van der Waals surface area contributed by atoms with Crippen LogP contribution in [0, 0.1) is 15.9 Å². The minimum atomic E-state index is -0.601. The van der Waals surface area contributed by atoms with Crippen molar-refractivity contribution in [3.05, 3.63) is 60.8 Å². The fourth-order valence-corrected chi connectivity index (χ4v) is 2.74. The van der Waals surface area contributed by atoms with Gasteiger partial charge in [-0.15, -0.1) is 0 Å². The number of nitrogens with zero attached hydrogens (tertiary/aromatic N) is 1. The normalized spacial score (nSPS) is 10.4. The first-order valence-electron chi connectivity index (χ1n) is 5.24. The zero-order valence-corrected chi connectivity index (χ0v) is 12.8. The summed E-state index contributed by atoms with van der Waals surface area (Å²) in [5.41, 5.74) is 0.205. The highest BCUT2D eigenvalue weighted by molar-refractivity contribution is 9.10. The Balaban J connectivity index is 2.51. The molecule has 0 saturated carbocycles. The predicted octanol–water partition coefficient (Wildman–Crippen LogP) is 5.55. The van der Waals surface area contributed by atoms with E-state index in [-0.39, 0.29) is 21.4 Å². The van der Waals surface area contributed by atoms with Gasteiger partial charge in [0, 0.05) is 4.47 Å². The zero-order chi connectivity index (χ0) is 14.9. The van der Waals surface area contributed by atoms with Crippen LogP contribution in [-0.2, 0) is 0 Å². The molecule has 0 radical (unpaired) electrons. The number of nitro benzene ring substituents is 1. The molecular weight excluding hydrogens is 374 g/mol. The van der Waals surface area contributed by atoms with Crippen molar-refractivity contribution in [3.63, 3.8) is 0 Å². The number of halogens is 4. The van der Waals surface area contributed by atoms with Crippen LogP contribution in [0.15, 0.2) is 34.8 Å². The molecule has 2 aromatic carbocycles. The van der Waals surface area contributed by atoms with E-state index in [1.54, 1.807) is 6.07 Å². The van der Waals surface area contributed by atoms with Crippen molar-refractivity contribution < 1.29 is 9.31 Å². The van der Waals surface area contributed by atoms with Crippen LogP contribution in [0.25, 0.3) is 0 Å². The molecule has 104 valence electrons. The standard InChI is InChI=1S/C12H6BrCl2FN2O2/c13-7-4-6(16)5-9(15)11(7)17-10-3-1-2-8(14)12(10)18(19)20/h1-5,17H. The molecule has 20 heavy (non-hydrogen) atoms. The Bertz CT molecular complexity index is 674. The predicted molar refractivity (Wildman–Crippen MR) is 80.5 cm³/mol. The van der Waals surface area contributed by atoms with Crippen LogP contribution in [0.2, 0.25) is 10.0 Å². The molecule has 1 N–H and O–H groups in total. The molecule has 0 aliphatic carbocycles. The van der Waals surface area contributed by atoms with Gasteiger partial charge in [0.05, 0.1) is 15.6 Å². The maximum Gasteiger partial charge on any atom is 0.311 e. The van der Waals surface area contributed by atoms with Gasteiger partial charge in [-0.05, 0) is 40.2 Å². The van der Waals surface area contributed by atoms with E-state index < -0.39 is 10.7 Å². The Labute approximate surface area is 131 Å². The number of para-hydroxylation sites is 1. The molecule has 0 heterocycles. The Morgan fingerprint density at radius 3 is 2.55 bits per heavy atom. The summed E-state index contributed by atoms with van der Waals surface area (Å²) in [4.78, 5) is 10.4. The third kappa shape index (κ3) is 3.03. The molecule has 0 bridgehead atoms. The second-order valence-corrected chi connectivity index (χ2v) is 5.43. The monoisotopic (exact) mass is 378 g/mol. The minimum Gasteiger partial charge on any atom is -0.348 e. The van der Waals surface area contributed by atoms with E-state index in [9.17, 15) is 14.5 Å². The van der Waals surface area contributed by atoms with Gasteiger partial charge in [-0.3, -0.25) is 10.1 Å². The van der Waals surface area contributed by atoms with Gasteiger partial charge in [-0.25, -0.2) is 4.39 Å². The highest BCUT2D eigenvalue weighted by Crippen LogP contribution is 2.39. The van der Waals surface area contributed by atoms with Gasteiger partial charge < -0.3 is 5.32 Å². The maximum absolute atomic E-state index is 13.1. The number of rotatable bonds is 3. The Hall–Kier alpha value is -1.37. The smallest absolute Gasteiger partial charge is 0.311 e. The van der Waals surface area contributed by atoms with E-state index in [0.29, 0.717) is 10.2 Å². The van der Waals surface area contributed by atoms with Crippen LogP contribution in [0.3, 0.4) is 0 Å².